The molecule has 15 heavy (non-hydrogen) atoms. The number of nitrogens with zero attached hydrogens (tertiary/aromatic N) is 2. The Labute approximate surface area is 93.1 Å². The number of rotatable bonds is 1. The van der Waals surface area contributed by atoms with E-state index in [0.29, 0.717) is 11.1 Å². The highest BCUT2D eigenvalue weighted by Crippen LogP contribution is 2.25. The normalized spacial score (nSPS) is 21.3. The molecule has 0 spiro atoms. The topological polar surface area (TPSA) is 29.3 Å². The Morgan fingerprint density at radius 2 is 2.40 bits per heavy atom. The second-order valence-corrected chi connectivity index (χ2v) is 4.30. The van der Waals surface area contributed by atoms with Gasteiger partial charge in [0.25, 0.3) is 0 Å². The monoisotopic (exact) mass is 221 g/mol. The average Bonchev–Trinajstić information content (AvgIpc) is 2.88. The van der Waals surface area contributed by atoms with Crippen molar-refractivity contribution in [1.82, 2.24) is 14.7 Å². The lowest BCUT2D eigenvalue weighted by Crippen LogP contribution is -2.10. The van der Waals surface area contributed by atoms with Gasteiger partial charge in [-0.1, -0.05) is 17.7 Å². The van der Waals surface area contributed by atoms with Crippen LogP contribution in [-0.4, -0.2) is 22.5 Å². The minimum atomic E-state index is 0.556. The van der Waals surface area contributed by atoms with Crippen LogP contribution in [-0.2, 0) is 0 Å². The molecule has 0 aliphatic carbocycles. The summed E-state index contributed by atoms with van der Waals surface area (Å²) in [5.74, 6) is 0.556. The van der Waals surface area contributed by atoms with E-state index >= 15 is 0 Å². The van der Waals surface area contributed by atoms with Crippen LogP contribution in [0.3, 0.4) is 0 Å². The first-order valence-electron chi connectivity index (χ1n) is 5.19. The van der Waals surface area contributed by atoms with Gasteiger partial charge >= 0.3 is 0 Å². The number of fused-ring (bicyclic) bond motifs is 1. The van der Waals surface area contributed by atoms with Gasteiger partial charge in [0.05, 0.1) is 6.20 Å². The van der Waals surface area contributed by atoms with E-state index in [9.17, 15) is 0 Å². The van der Waals surface area contributed by atoms with Gasteiger partial charge in [0.2, 0.25) is 0 Å². The zero-order valence-corrected chi connectivity index (χ0v) is 9.04. The molecule has 0 radical (unpaired) electrons. The Hall–Kier alpha value is -1.06. The fraction of sp³-hybridized carbons (Fsp3) is 0.364. The Balaban J connectivity index is 2.19. The first-order chi connectivity index (χ1) is 7.36. The Kier molecular flexibility index (Phi) is 2.15. The second kappa shape index (κ2) is 3.51. The number of hydrogen-bond acceptors (Lipinski definition) is 2. The summed E-state index contributed by atoms with van der Waals surface area (Å²) in [6, 6.07) is 6.17. The smallest absolute Gasteiger partial charge is 0.138 e. The van der Waals surface area contributed by atoms with E-state index in [1.807, 2.05) is 16.5 Å². The lowest BCUT2D eigenvalue weighted by atomic mass is 10.0. The summed E-state index contributed by atoms with van der Waals surface area (Å²) in [5.41, 5.74) is 2.20. The van der Waals surface area contributed by atoms with E-state index in [4.69, 9.17) is 11.6 Å². The molecule has 1 atom stereocenters. The van der Waals surface area contributed by atoms with Crippen molar-refractivity contribution in [2.75, 3.05) is 13.1 Å². The summed E-state index contributed by atoms with van der Waals surface area (Å²) in [6.07, 6.45) is 2.89. The molecule has 0 bridgehead atoms. The van der Waals surface area contributed by atoms with Crippen LogP contribution < -0.4 is 5.32 Å². The number of halogens is 1. The third-order valence-corrected chi connectivity index (χ3v) is 3.26. The van der Waals surface area contributed by atoms with Crippen molar-refractivity contribution in [3.63, 3.8) is 0 Å². The van der Waals surface area contributed by atoms with Crippen LogP contribution in [0.4, 0.5) is 0 Å². The third-order valence-electron chi connectivity index (χ3n) is 3.00. The minimum Gasteiger partial charge on any atom is -0.316 e. The van der Waals surface area contributed by atoms with Crippen LogP contribution in [0.1, 0.15) is 18.0 Å². The van der Waals surface area contributed by atoms with E-state index < -0.39 is 0 Å². The van der Waals surface area contributed by atoms with Crippen molar-refractivity contribution in [1.29, 1.82) is 0 Å². The van der Waals surface area contributed by atoms with Gasteiger partial charge in [-0.25, -0.2) is 4.98 Å². The van der Waals surface area contributed by atoms with Crippen LogP contribution in [0.2, 0.25) is 5.15 Å². The maximum Gasteiger partial charge on any atom is 0.138 e. The zero-order valence-electron chi connectivity index (χ0n) is 8.28. The van der Waals surface area contributed by atoms with E-state index in [0.717, 1.165) is 18.7 Å². The molecule has 1 N–H and O–H groups in total. The molecule has 1 aliphatic rings. The Bertz CT molecular complexity index is 486. The van der Waals surface area contributed by atoms with Gasteiger partial charge in [-0.3, -0.25) is 4.40 Å². The lowest BCUT2D eigenvalue weighted by molar-refractivity contribution is 0.722. The van der Waals surface area contributed by atoms with Crippen LogP contribution in [0.25, 0.3) is 5.65 Å². The molecular formula is C11H12ClN3. The molecule has 0 amide bonds. The van der Waals surface area contributed by atoms with Crippen molar-refractivity contribution in [3.8, 4) is 0 Å². The van der Waals surface area contributed by atoms with Gasteiger partial charge in [0.15, 0.2) is 0 Å². The molecule has 4 heteroatoms. The SMILES string of the molecule is Clc1cnc2cccc(C3CCNC3)n12. The molecule has 1 aliphatic heterocycles. The predicted octanol–water partition coefficient (Wildman–Crippen LogP) is 2.06. The van der Waals surface area contributed by atoms with Gasteiger partial charge in [0.1, 0.15) is 10.8 Å². The number of pyridine rings is 1. The number of aromatic nitrogens is 2. The van der Waals surface area contributed by atoms with Gasteiger partial charge < -0.3 is 5.32 Å². The maximum atomic E-state index is 6.14. The van der Waals surface area contributed by atoms with E-state index in [1.54, 1.807) is 6.20 Å². The highest BCUT2D eigenvalue weighted by molar-refractivity contribution is 6.29. The molecule has 2 aromatic rings. The van der Waals surface area contributed by atoms with E-state index in [1.165, 1.54) is 12.1 Å². The van der Waals surface area contributed by atoms with Crippen molar-refractivity contribution >= 4 is 17.2 Å². The van der Waals surface area contributed by atoms with Gasteiger partial charge in [-0.05, 0) is 25.1 Å². The number of imidazole rings is 1. The summed E-state index contributed by atoms with van der Waals surface area (Å²) in [4.78, 5) is 4.26. The molecular weight excluding hydrogens is 210 g/mol. The third kappa shape index (κ3) is 1.43. The molecule has 3 rings (SSSR count). The molecule has 2 aromatic heterocycles. The highest BCUT2D eigenvalue weighted by Gasteiger charge is 2.19. The van der Waals surface area contributed by atoms with Crippen molar-refractivity contribution in [3.05, 3.63) is 35.2 Å². The fourth-order valence-electron chi connectivity index (χ4n) is 2.25. The van der Waals surface area contributed by atoms with Gasteiger partial charge in [-0.2, -0.15) is 0 Å². The first kappa shape index (κ1) is 9.19. The average molecular weight is 222 g/mol. The van der Waals surface area contributed by atoms with E-state index in [2.05, 4.69) is 16.4 Å². The number of nitrogens with one attached hydrogen (secondary N) is 1. The quantitative estimate of drug-likeness (QED) is 0.799. The summed E-state index contributed by atoms with van der Waals surface area (Å²) in [6.45, 7) is 2.13. The maximum absolute atomic E-state index is 6.14. The number of hydrogen-bond donors (Lipinski definition) is 1. The van der Waals surface area contributed by atoms with Crippen LogP contribution in [0, 0.1) is 0 Å². The van der Waals surface area contributed by atoms with Crippen molar-refractivity contribution in [2.24, 2.45) is 0 Å². The standard InChI is InChI=1S/C11H12ClN3/c12-10-7-14-11-3-1-2-9(15(10)11)8-4-5-13-6-8/h1-3,7-8,13H,4-6H2. The van der Waals surface area contributed by atoms with Crippen LogP contribution in [0.5, 0.6) is 0 Å². The lowest BCUT2D eigenvalue weighted by Gasteiger charge is -2.11. The Morgan fingerprint density at radius 1 is 1.47 bits per heavy atom. The second-order valence-electron chi connectivity index (χ2n) is 3.91. The van der Waals surface area contributed by atoms with Crippen molar-refractivity contribution < 1.29 is 0 Å². The summed E-state index contributed by atoms with van der Waals surface area (Å²) in [7, 11) is 0. The van der Waals surface area contributed by atoms with Gasteiger partial charge in [0, 0.05) is 18.2 Å². The van der Waals surface area contributed by atoms with Crippen LogP contribution >= 0.6 is 11.6 Å². The van der Waals surface area contributed by atoms with Crippen LogP contribution in [0.15, 0.2) is 24.4 Å². The molecule has 78 valence electrons. The molecule has 3 nitrogen and oxygen atoms in total. The Morgan fingerprint density at radius 3 is 3.20 bits per heavy atom. The van der Waals surface area contributed by atoms with Crippen molar-refractivity contribution in [2.45, 2.75) is 12.3 Å². The highest BCUT2D eigenvalue weighted by atomic mass is 35.5. The minimum absolute atomic E-state index is 0.556. The van der Waals surface area contributed by atoms with E-state index in [-0.39, 0.29) is 0 Å². The summed E-state index contributed by atoms with van der Waals surface area (Å²) >= 11 is 6.14. The molecule has 0 aromatic carbocycles. The molecule has 1 saturated heterocycles. The molecule has 1 fully saturated rings. The summed E-state index contributed by atoms with van der Waals surface area (Å²) < 4.78 is 2.04. The summed E-state index contributed by atoms with van der Waals surface area (Å²) in [5, 5.41) is 4.07. The molecule has 1 unspecified atom stereocenters. The fourth-order valence-corrected chi connectivity index (χ4v) is 2.48. The zero-order chi connectivity index (χ0) is 10.3. The largest absolute Gasteiger partial charge is 0.316 e. The predicted molar refractivity (Wildman–Crippen MR) is 60.4 cm³/mol. The van der Waals surface area contributed by atoms with Gasteiger partial charge in [-0.15, -0.1) is 0 Å². The molecule has 0 saturated carbocycles. The molecule has 3 heterocycles. The first-order valence-corrected chi connectivity index (χ1v) is 5.56.